The Morgan fingerprint density at radius 2 is 1.81 bits per heavy atom. The van der Waals surface area contributed by atoms with E-state index in [1.54, 1.807) is 24.3 Å². The van der Waals surface area contributed by atoms with E-state index in [4.69, 9.17) is 16.3 Å². The van der Waals surface area contributed by atoms with E-state index in [9.17, 15) is 14.4 Å². The van der Waals surface area contributed by atoms with E-state index in [-0.39, 0.29) is 6.54 Å². The molecule has 0 aliphatic heterocycles. The maximum absolute atomic E-state index is 11.6. The molecule has 7 heteroatoms. The predicted molar refractivity (Wildman–Crippen MR) is 98.3 cm³/mol. The number of halogens is 1. The highest BCUT2D eigenvalue weighted by Gasteiger charge is 2.09. The van der Waals surface area contributed by atoms with Crippen molar-refractivity contribution in [2.75, 3.05) is 6.61 Å². The number of imide groups is 1. The Morgan fingerprint density at radius 3 is 2.54 bits per heavy atom. The van der Waals surface area contributed by atoms with Crippen molar-refractivity contribution < 1.29 is 19.1 Å². The summed E-state index contributed by atoms with van der Waals surface area (Å²) in [6.07, 6.45) is 2.69. The molecule has 134 valence electrons. The zero-order valence-electron chi connectivity index (χ0n) is 13.8. The largest absolute Gasteiger partial charge is 0.452 e. The average Bonchev–Trinajstić information content (AvgIpc) is 2.64. The molecule has 6 nitrogen and oxygen atoms in total. The molecule has 0 radical (unpaired) electrons. The number of carbonyl (C=O) groups is 3. The number of esters is 1. The molecule has 0 spiro atoms. The summed E-state index contributed by atoms with van der Waals surface area (Å²) in [5, 5.41) is 5.15. The van der Waals surface area contributed by atoms with Gasteiger partial charge in [-0.2, -0.15) is 0 Å². The number of urea groups is 1. The number of rotatable bonds is 6. The van der Waals surface area contributed by atoms with E-state index in [1.807, 2.05) is 30.3 Å². The van der Waals surface area contributed by atoms with Crippen LogP contribution in [0.2, 0.25) is 5.02 Å². The summed E-state index contributed by atoms with van der Waals surface area (Å²) in [7, 11) is 0. The summed E-state index contributed by atoms with van der Waals surface area (Å²) in [5.41, 5.74) is 1.62. The summed E-state index contributed by atoms with van der Waals surface area (Å²) in [4.78, 5) is 34.8. The van der Waals surface area contributed by atoms with Crippen molar-refractivity contribution in [3.05, 3.63) is 76.8 Å². The van der Waals surface area contributed by atoms with Crippen molar-refractivity contribution in [1.29, 1.82) is 0 Å². The van der Waals surface area contributed by atoms with Gasteiger partial charge in [0, 0.05) is 17.6 Å². The third-order valence-corrected chi connectivity index (χ3v) is 3.39. The van der Waals surface area contributed by atoms with Crippen molar-refractivity contribution in [2.45, 2.75) is 6.54 Å². The SMILES string of the molecule is O=C(COC(=O)C=Cc1cccc(Cl)c1)NC(=O)NCc1ccccc1. The molecule has 0 saturated heterocycles. The van der Waals surface area contributed by atoms with E-state index in [0.29, 0.717) is 5.02 Å². The van der Waals surface area contributed by atoms with Crippen LogP contribution in [0.3, 0.4) is 0 Å². The Balaban J connectivity index is 1.69. The lowest BCUT2D eigenvalue weighted by molar-refractivity contribution is -0.143. The molecule has 0 aliphatic carbocycles. The maximum atomic E-state index is 11.6. The number of benzene rings is 2. The monoisotopic (exact) mass is 372 g/mol. The van der Waals surface area contributed by atoms with Gasteiger partial charge in [-0.3, -0.25) is 10.1 Å². The predicted octanol–water partition coefficient (Wildman–Crippen LogP) is 2.92. The molecule has 3 amide bonds. The third-order valence-electron chi connectivity index (χ3n) is 3.15. The van der Waals surface area contributed by atoms with E-state index in [2.05, 4.69) is 10.6 Å². The molecule has 2 rings (SSSR count). The van der Waals surface area contributed by atoms with Crippen LogP contribution < -0.4 is 10.6 Å². The first-order valence-corrected chi connectivity index (χ1v) is 8.13. The number of carbonyl (C=O) groups excluding carboxylic acids is 3. The molecule has 0 aromatic heterocycles. The molecule has 26 heavy (non-hydrogen) atoms. The standard InChI is InChI=1S/C19H17ClN2O4/c20-16-8-4-7-14(11-16)9-10-18(24)26-13-17(23)22-19(25)21-12-15-5-2-1-3-6-15/h1-11H,12-13H2,(H2,21,22,23,25). The Morgan fingerprint density at radius 1 is 1.04 bits per heavy atom. The molecular weight excluding hydrogens is 356 g/mol. The number of ether oxygens (including phenoxy) is 1. The van der Waals surface area contributed by atoms with Gasteiger partial charge in [-0.1, -0.05) is 54.1 Å². The normalized spacial score (nSPS) is 10.3. The van der Waals surface area contributed by atoms with E-state index < -0.39 is 24.5 Å². The van der Waals surface area contributed by atoms with Crippen molar-refractivity contribution in [3.63, 3.8) is 0 Å². The van der Waals surface area contributed by atoms with Crippen LogP contribution in [0.1, 0.15) is 11.1 Å². The first kappa shape index (κ1) is 19.2. The maximum Gasteiger partial charge on any atom is 0.331 e. The van der Waals surface area contributed by atoms with Crippen LogP contribution in [0, 0.1) is 0 Å². The fourth-order valence-corrected chi connectivity index (χ4v) is 2.14. The zero-order valence-corrected chi connectivity index (χ0v) is 14.5. The first-order chi connectivity index (χ1) is 12.5. The number of hydrogen-bond acceptors (Lipinski definition) is 4. The molecule has 0 bridgehead atoms. The zero-order chi connectivity index (χ0) is 18.8. The molecule has 0 aliphatic rings. The Bertz CT molecular complexity index is 806. The van der Waals surface area contributed by atoms with Gasteiger partial charge < -0.3 is 10.1 Å². The van der Waals surface area contributed by atoms with Gasteiger partial charge in [-0.05, 0) is 29.3 Å². The van der Waals surface area contributed by atoms with Gasteiger partial charge in [-0.25, -0.2) is 9.59 Å². The minimum atomic E-state index is -0.722. The van der Waals surface area contributed by atoms with Crippen molar-refractivity contribution in [2.24, 2.45) is 0 Å². The molecular formula is C19H17ClN2O4. The Labute approximate surface area is 155 Å². The highest BCUT2D eigenvalue weighted by atomic mass is 35.5. The van der Waals surface area contributed by atoms with Crippen LogP contribution in [0.5, 0.6) is 0 Å². The van der Waals surface area contributed by atoms with Crippen molar-refractivity contribution in [1.82, 2.24) is 10.6 Å². The summed E-state index contributed by atoms with van der Waals surface area (Å²) in [6.45, 7) is -0.278. The minimum Gasteiger partial charge on any atom is -0.452 e. The van der Waals surface area contributed by atoms with Crippen LogP contribution in [0.25, 0.3) is 6.08 Å². The number of hydrogen-bond donors (Lipinski definition) is 2. The molecule has 0 atom stereocenters. The molecule has 0 heterocycles. The van der Waals surface area contributed by atoms with E-state index >= 15 is 0 Å². The van der Waals surface area contributed by atoms with Gasteiger partial charge >= 0.3 is 12.0 Å². The summed E-state index contributed by atoms with van der Waals surface area (Å²) in [6, 6.07) is 15.5. The lowest BCUT2D eigenvalue weighted by Crippen LogP contribution is -2.41. The van der Waals surface area contributed by atoms with Crippen molar-refractivity contribution in [3.8, 4) is 0 Å². The second-order valence-corrected chi connectivity index (χ2v) is 5.65. The van der Waals surface area contributed by atoms with Gasteiger partial charge in [0.05, 0.1) is 0 Å². The molecule has 0 saturated carbocycles. The van der Waals surface area contributed by atoms with Crippen LogP contribution in [0.4, 0.5) is 4.79 Å². The number of amides is 3. The van der Waals surface area contributed by atoms with Crippen LogP contribution >= 0.6 is 11.6 Å². The summed E-state index contributed by atoms with van der Waals surface area (Å²) >= 11 is 5.84. The Hall–Kier alpha value is -3.12. The van der Waals surface area contributed by atoms with Crippen molar-refractivity contribution >= 4 is 35.6 Å². The second-order valence-electron chi connectivity index (χ2n) is 5.21. The van der Waals surface area contributed by atoms with Gasteiger partial charge in [0.2, 0.25) is 0 Å². The first-order valence-electron chi connectivity index (χ1n) is 7.75. The topological polar surface area (TPSA) is 84.5 Å². The van der Waals surface area contributed by atoms with Gasteiger partial charge in [0.15, 0.2) is 6.61 Å². The Kier molecular flexibility index (Phi) is 7.39. The lowest BCUT2D eigenvalue weighted by atomic mass is 10.2. The highest BCUT2D eigenvalue weighted by molar-refractivity contribution is 6.30. The van der Waals surface area contributed by atoms with Gasteiger partial charge in [0.1, 0.15) is 0 Å². The summed E-state index contributed by atoms with van der Waals surface area (Å²) < 4.78 is 4.77. The van der Waals surface area contributed by atoms with E-state index in [1.165, 1.54) is 12.2 Å². The van der Waals surface area contributed by atoms with Crippen LogP contribution in [-0.4, -0.2) is 24.5 Å². The van der Waals surface area contributed by atoms with Crippen LogP contribution in [0.15, 0.2) is 60.7 Å². The second kappa shape index (κ2) is 10.0. The van der Waals surface area contributed by atoms with Gasteiger partial charge in [-0.15, -0.1) is 0 Å². The van der Waals surface area contributed by atoms with Crippen LogP contribution in [-0.2, 0) is 20.9 Å². The van der Waals surface area contributed by atoms with Gasteiger partial charge in [0.25, 0.3) is 5.91 Å². The molecule has 2 aromatic rings. The smallest absolute Gasteiger partial charge is 0.331 e. The fourth-order valence-electron chi connectivity index (χ4n) is 1.94. The average molecular weight is 373 g/mol. The lowest BCUT2D eigenvalue weighted by Gasteiger charge is -2.07. The third kappa shape index (κ3) is 7.19. The minimum absolute atomic E-state index is 0.280. The summed E-state index contributed by atoms with van der Waals surface area (Å²) in [5.74, 6) is -1.43. The molecule has 2 aromatic carbocycles. The highest BCUT2D eigenvalue weighted by Crippen LogP contribution is 2.11. The number of nitrogens with one attached hydrogen (secondary N) is 2. The fraction of sp³-hybridized carbons (Fsp3) is 0.105. The quantitative estimate of drug-likeness (QED) is 0.603. The molecule has 2 N–H and O–H groups in total. The molecule has 0 fully saturated rings. The van der Waals surface area contributed by atoms with E-state index in [0.717, 1.165) is 11.1 Å². The molecule has 0 unspecified atom stereocenters.